The van der Waals surface area contributed by atoms with Gasteiger partial charge in [0, 0.05) is 24.9 Å². The molecule has 0 bridgehead atoms. The quantitative estimate of drug-likeness (QED) is 0.747. The summed E-state index contributed by atoms with van der Waals surface area (Å²) in [5.74, 6) is 1.88. The highest BCUT2D eigenvalue weighted by molar-refractivity contribution is 5.81. The lowest BCUT2D eigenvalue weighted by Gasteiger charge is -2.45. The number of nitrogens with zero attached hydrogens (tertiary/aromatic N) is 1. The first-order valence-electron chi connectivity index (χ1n) is 8.11. The van der Waals surface area contributed by atoms with Gasteiger partial charge in [0.15, 0.2) is 0 Å². The number of hydrogen-bond acceptors (Lipinski definition) is 2. The number of fused-ring (bicyclic) bond motifs is 1. The van der Waals surface area contributed by atoms with Gasteiger partial charge in [-0.05, 0) is 51.0 Å². The molecule has 3 aliphatic rings. The average Bonchev–Trinajstić information content (AvgIpc) is 2.42. The molecule has 0 N–H and O–H groups in total. The Kier molecular flexibility index (Phi) is 4.03. The van der Waals surface area contributed by atoms with Crippen molar-refractivity contribution in [1.29, 1.82) is 0 Å². The van der Waals surface area contributed by atoms with E-state index < -0.39 is 0 Å². The summed E-state index contributed by atoms with van der Waals surface area (Å²) >= 11 is 0. The fourth-order valence-corrected chi connectivity index (χ4v) is 4.49. The van der Waals surface area contributed by atoms with E-state index in [-0.39, 0.29) is 0 Å². The van der Waals surface area contributed by atoms with E-state index in [9.17, 15) is 4.79 Å². The van der Waals surface area contributed by atoms with E-state index in [0.717, 1.165) is 37.8 Å². The maximum atomic E-state index is 12.0. The third-order valence-corrected chi connectivity index (χ3v) is 5.49. The summed E-state index contributed by atoms with van der Waals surface area (Å²) in [7, 11) is 0. The highest BCUT2D eigenvalue weighted by Gasteiger charge is 2.35. The van der Waals surface area contributed by atoms with Gasteiger partial charge in [-0.25, -0.2) is 0 Å². The van der Waals surface area contributed by atoms with Crippen LogP contribution < -0.4 is 0 Å². The van der Waals surface area contributed by atoms with Gasteiger partial charge in [0.1, 0.15) is 5.78 Å². The number of carbonyl (C=O) groups is 1. The molecule has 1 saturated heterocycles. The van der Waals surface area contributed by atoms with Crippen LogP contribution in [0.4, 0.5) is 0 Å². The van der Waals surface area contributed by atoms with Crippen LogP contribution in [-0.4, -0.2) is 29.8 Å². The molecule has 2 nitrogen and oxygen atoms in total. The molecule has 3 rings (SSSR count). The van der Waals surface area contributed by atoms with E-state index >= 15 is 0 Å². The molecule has 1 aliphatic heterocycles. The molecule has 2 saturated carbocycles. The van der Waals surface area contributed by atoms with Crippen molar-refractivity contribution in [3.05, 3.63) is 0 Å². The minimum atomic E-state index is 0.374. The number of Topliss-reactive ketones (excluding diaryl/α,β-unsaturated/α-hetero) is 1. The Morgan fingerprint density at radius 1 is 0.944 bits per heavy atom. The maximum absolute atomic E-state index is 12.0. The molecule has 0 aromatic rings. The second kappa shape index (κ2) is 5.73. The van der Waals surface area contributed by atoms with Gasteiger partial charge in [-0.1, -0.05) is 19.3 Å². The van der Waals surface area contributed by atoms with E-state index in [2.05, 4.69) is 4.90 Å². The molecule has 1 heterocycles. The molecule has 0 spiro atoms. The molecule has 3 fully saturated rings. The zero-order valence-electron chi connectivity index (χ0n) is 11.6. The second-order valence-corrected chi connectivity index (χ2v) is 6.66. The largest absolute Gasteiger partial charge is 0.299 e. The predicted molar refractivity (Wildman–Crippen MR) is 73.5 cm³/mol. The number of carbonyl (C=O) groups excluding carboxylic acids is 1. The SMILES string of the molecule is O=C1CCCCC1CN1CCCC2CCCCC21. The maximum Gasteiger partial charge on any atom is 0.137 e. The lowest BCUT2D eigenvalue weighted by atomic mass is 9.77. The van der Waals surface area contributed by atoms with E-state index in [1.165, 1.54) is 51.5 Å². The fraction of sp³-hybridized carbons (Fsp3) is 0.938. The highest BCUT2D eigenvalue weighted by Crippen LogP contribution is 2.36. The van der Waals surface area contributed by atoms with E-state index in [1.54, 1.807) is 0 Å². The molecule has 0 aromatic carbocycles. The highest BCUT2D eigenvalue weighted by atomic mass is 16.1. The lowest BCUT2D eigenvalue weighted by molar-refractivity contribution is -0.125. The van der Waals surface area contributed by atoms with Crippen molar-refractivity contribution >= 4 is 5.78 Å². The van der Waals surface area contributed by atoms with Crippen LogP contribution in [0.5, 0.6) is 0 Å². The van der Waals surface area contributed by atoms with Gasteiger partial charge in [0.25, 0.3) is 0 Å². The number of likely N-dealkylation sites (tertiary alicyclic amines) is 1. The molecule has 2 heteroatoms. The van der Waals surface area contributed by atoms with Crippen molar-refractivity contribution in [2.45, 2.75) is 70.3 Å². The Morgan fingerprint density at radius 3 is 2.61 bits per heavy atom. The van der Waals surface area contributed by atoms with E-state index in [4.69, 9.17) is 0 Å². The molecule has 0 radical (unpaired) electrons. The monoisotopic (exact) mass is 249 g/mol. The minimum Gasteiger partial charge on any atom is -0.299 e. The molecule has 18 heavy (non-hydrogen) atoms. The topological polar surface area (TPSA) is 20.3 Å². The van der Waals surface area contributed by atoms with Crippen molar-refractivity contribution in [3.8, 4) is 0 Å². The van der Waals surface area contributed by atoms with Gasteiger partial charge in [-0.2, -0.15) is 0 Å². The van der Waals surface area contributed by atoms with Gasteiger partial charge in [0.2, 0.25) is 0 Å². The Labute approximate surface area is 111 Å². The van der Waals surface area contributed by atoms with Gasteiger partial charge in [-0.3, -0.25) is 9.69 Å². The number of ketones is 1. The predicted octanol–water partition coefficient (Wildman–Crippen LogP) is 3.40. The second-order valence-electron chi connectivity index (χ2n) is 6.66. The normalized spacial score (nSPS) is 38.4. The molecule has 0 aromatic heterocycles. The van der Waals surface area contributed by atoms with Crippen molar-refractivity contribution in [2.75, 3.05) is 13.1 Å². The van der Waals surface area contributed by atoms with Crippen LogP contribution in [0.1, 0.15) is 64.2 Å². The Hall–Kier alpha value is -0.370. The Bertz CT molecular complexity index is 299. The van der Waals surface area contributed by atoms with Gasteiger partial charge in [-0.15, -0.1) is 0 Å². The van der Waals surface area contributed by atoms with Gasteiger partial charge < -0.3 is 0 Å². The summed E-state index contributed by atoms with van der Waals surface area (Å²) < 4.78 is 0. The van der Waals surface area contributed by atoms with E-state index in [1.807, 2.05) is 0 Å². The molecule has 2 aliphatic carbocycles. The van der Waals surface area contributed by atoms with Crippen molar-refractivity contribution in [2.24, 2.45) is 11.8 Å². The van der Waals surface area contributed by atoms with Crippen molar-refractivity contribution in [1.82, 2.24) is 4.90 Å². The van der Waals surface area contributed by atoms with Crippen LogP contribution in [0.2, 0.25) is 0 Å². The molecule has 3 atom stereocenters. The smallest absolute Gasteiger partial charge is 0.137 e. The Balaban J connectivity index is 1.61. The molecule has 0 amide bonds. The first-order chi connectivity index (χ1) is 8.84. The standard InChI is InChI=1S/C16H27NO/c18-16-10-4-2-7-14(16)12-17-11-5-8-13-6-1-3-9-15(13)17/h13-15H,1-12H2. The summed E-state index contributed by atoms with van der Waals surface area (Å²) in [6.45, 7) is 2.34. The van der Waals surface area contributed by atoms with Crippen LogP contribution in [0.25, 0.3) is 0 Å². The first kappa shape index (κ1) is 12.7. The fourth-order valence-electron chi connectivity index (χ4n) is 4.49. The van der Waals surface area contributed by atoms with Crippen LogP contribution in [0.15, 0.2) is 0 Å². The summed E-state index contributed by atoms with van der Waals surface area (Å²) in [4.78, 5) is 14.7. The summed E-state index contributed by atoms with van der Waals surface area (Å²) in [6.07, 6.45) is 12.9. The zero-order valence-corrected chi connectivity index (χ0v) is 11.6. The lowest BCUT2D eigenvalue weighted by Crippen LogP contribution is -2.49. The molecule has 3 unspecified atom stereocenters. The summed E-state index contributed by atoms with van der Waals surface area (Å²) in [5, 5.41) is 0. The molecular weight excluding hydrogens is 222 g/mol. The van der Waals surface area contributed by atoms with Crippen LogP contribution in [0, 0.1) is 11.8 Å². The number of hydrogen-bond donors (Lipinski definition) is 0. The third-order valence-electron chi connectivity index (χ3n) is 5.49. The van der Waals surface area contributed by atoms with Crippen molar-refractivity contribution in [3.63, 3.8) is 0 Å². The number of piperidine rings is 1. The molecule has 102 valence electrons. The van der Waals surface area contributed by atoms with Crippen LogP contribution in [0.3, 0.4) is 0 Å². The summed E-state index contributed by atoms with van der Waals surface area (Å²) in [6, 6.07) is 0.822. The number of rotatable bonds is 2. The van der Waals surface area contributed by atoms with Crippen LogP contribution in [-0.2, 0) is 4.79 Å². The van der Waals surface area contributed by atoms with Gasteiger partial charge in [0.05, 0.1) is 0 Å². The first-order valence-corrected chi connectivity index (χ1v) is 8.11. The van der Waals surface area contributed by atoms with Crippen molar-refractivity contribution < 1.29 is 4.79 Å². The zero-order chi connectivity index (χ0) is 12.4. The van der Waals surface area contributed by atoms with Crippen LogP contribution >= 0.6 is 0 Å². The van der Waals surface area contributed by atoms with E-state index in [0.29, 0.717) is 11.7 Å². The Morgan fingerprint density at radius 2 is 1.72 bits per heavy atom. The van der Waals surface area contributed by atoms with Gasteiger partial charge >= 0.3 is 0 Å². The molecular formula is C16H27NO. The summed E-state index contributed by atoms with van der Waals surface area (Å²) in [5.41, 5.74) is 0. The average molecular weight is 249 g/mol. The minimum absolute atomic E-state index is 0.374. The third kappa shape index (κ3) is 2.64.